The van der Waals surface area contributed by atoms with E-state index in [-0.39, 0.29) is 23.6 Å². The van der Waals surface area contributed by atoms with E-state index in [1.165, 1.54) is 26.2 Å². The molecule has 0 bridgehead atoms. The Morgan fingerprint density at radius 1 is 1.17 bits per heavy atom. The SMILES string of the molecule is COC(=O)c1cc(COC(=O)c2cccc(NC(C)=O)c2)oc1C. The fourth-order valence-electron chi connectivity index (χ4n) is 2.07. The summed E-state index contributed by atoms with van der Waals surface area (Å²) in [5.74, 6) is -0.602. The molecule has 0 atom stereocenters. The number of carbonyl (C=O) groups excluding carboxylic acids is 3. The zero-order valence-electron chi connectivity index (χ0n) is 13.5. The summed E-state index contributed by atoms with van der Waals surface area (Å²) in [4.78, 5) is 34.6. The molecule has 0 fully saturated rings. The predicted molar refractivity (Wildman–Crippen MR) is 84.6 cm³/mol. The first-order chi connectivity index (χ1) is 11.4. The van der Waals surface area contributed by atoms with E-state index in [0.717, 1.165) is 0 Å². The van der Waals surface area contributed by atoms with Gasteiger partial charge >= 0.3 is 11.9 Å². The van der Waals surface area contributed by atoms with Gasteiger partial charge in [0.15, 0.2) is 0 Å². The number of furan rings is 1. The highest BCUT2D eigenvalue weighted by atomic mass is 16.5. The average Bonchev–Trinajstić information content (AvgIpc) is 2.92. The van der Waals surface area contributed by atoms with E-state index in [4.69, 9.17) is 9.15 Å². The van der Waals surface area contributed by atoms with Crippen molar-refractivity contribution in [2.45, 2.75) is 20.5 Å². The largest absolute Gasteiger partial charge is 0.465 e. The Kier molecular flexibility index (Phi) is 5.36. The lowest BCUT2D eigenvalue weighted by Gasteiger charge is -2.06. The van der Waals surface area contributed by atoms with Crippen molar-refractivity contribution in [3.63, 3.8) is 0 Å². The molecule has 1 heterocycles. The molecule has 1 N–H and O–H groups in total. The van der Waals surface area contributed by atoms with Gasteiger partial charge in [0.25, 0.3) is 0 Å². The van der Waals surface area contributed by atoms with Crippen LogP contribution in [0, 0.1) is 6.92 Å². The van der Waals surface area contributed by atoms with Crippen LogP contribution in [0.5, 0.6) is 0 Å². The summed E-state index contributed by atoms with van der Waals surface area (Å²) in [5.41, 5.74) is 1.08. The van der Waals surface area contributed by atoms with E-state index in [1.54, 1.807) is 25.1 Å². The van der Waals surface area contributed by atoms with Crippen molar-refractivity contribution in [3.05, 3.63) is 53.0 Å². The van der Waals surface area contributed by atoms with Crippen molar-refractivity contribution in [3.8, 4) is 0 Å². The van der Waals surface area contributed by atoms with Gasteiger partial charge in [-0.25, -0.2) is 9.59 Å². The third kappa shape index (κ3) is 4.22. The molecule has 2 aromatic rings. The summed E-state index contributed by atoms with van der Waals surface area (Å²) in [7, 11) is 1.27. The average molecular weight is 331 g/mol. The normalized spacial score (nSPS) is 10.1. The van der Waals surface area contributed by atoms with Gasteiger partial charge in [-0.2, -0.15) is 0 Å². The van der Waals surface area contributed by atoms with Crippen molar-refractivity contribution < 1.29 is 28.3 Å². The maximum Gasteiger partial charge on any atom is 0.341 e. The molecular weight excluding hydrogens is 314 g/mol. The molecule has 0 saturated carbocycles. The third-order valence-electron chi connectivity index (χ3n) is 3.14. The first-order valence-corrected chi connectivity index (χ1v) is 7.13. The van der Waals surface area contributed by atoms with E-state index < -0.39 is 11.9 Å². The third-order valence-corrected chi connectivity index (χ3v) is 3.14. The van der Waals surface area contributed by atoms with Crippen LogP contribution in [0.4, 0.5) is 5.69 Å². The second-order valence-corrected chi connectivity index (χ2v) is 5.01. The van der Waals surface area contributed by atoms with Crippen LogP contribution < -0.4 is 5.32 Å². The van der Waals surface area contributed by atoms with E-state index in [1.807, 2.05) is 0 Å². The number of rotatable bonds is 5. The van der Waals surface area contributed by atoms with Crippen LogP contribution in [-0.4, -0.2) is 25.0 Å². The first kappa shape index (κ1) is 17.3. The lowest BCUT2D eigenvalue weighted by molar-refractivity contribution is -0.114. The molecule has 0 aliphatic rings. The van der Waals surface area contributed by atoms with Gasteiger partial charge in [-0.15, -0.1) is 0 Å². The van der Waals surface area contributed by atoms with Crippen molar-refractivity contribution in [2.24, 2.45) is 0 Å². The van der Waals surface area contributed by atoms with Crippen molar-refractivity contribution >= 4 is 23.5 Å². The number of ether oxygens (including phenoxy) is 2. The lowest BCUT2D eigenvalue weighted by atomic mass is 10.2. The topological polar surface area (TPSA) is 94.8 Å². The van der Waals surface area contributed by atoms with Crippen LogP contribution in [-0.2, 0) is 20.9 Å². The summed E-state index contributed by atoms with van der Waals surface area (Å²) in [6, 6.07) is 7.85. The fraction of sp³-hybridized carbons (Fsp3) is 0.235. The van der Waals surface area contributed by atoms with E-state index in [2.05, 4.69) is 10.1 Å². The van der Waals surface area contributed by atoms with Crippen LogP contribution in [0.1, 0.15) is 39.2 Å². The predicted octanol–water partition coefficient (Wildman–Crippen LogP) is 2.69. The van der Waals surface area contributed by atoms with Crippen LogP contribution in [0.3, 0.4) is 0 Å². The molecule has 1 aromatic carbocycles. The van der Waals surface area contributed by atoms with E-state index >= 15 is 0 Å². The van der Waals surface area contributed by atoms with Crippen LogP contribution >= 0.6 is 0 Å². The van der Waals surface area contributed by atoms with E-state index in [0.29, 0.717) is 17.2 Å². The highest BCUT2D eigenvalue weighted by Crippen LogP contribution is 2.18. The van der Waals surface area contributed by atoms with Gasteiger partial charge in [0.2, 0.25) is 5.91 Å². The fourth-order valence-corrected chi connectivity index (χ4v) is 2.07. The Bertz CT molecular complexity index is 777. The zero-order valence-corrected chi connectivity index (χ0v) is 13.5. The lowest BCUT2D eigenvalue weighted by Crippen LogP contribution is -2.08. The monoisotopic (exact) mass is 331 g/mol. The van der Waals surface area contributed by atoms with E-state index in [9.17, 15) is 14.4 Å². The van der Waals surface area contributed by atoms with Gasteiger partial charge in [-0.3, -0.25) is 4.79 Å². The quantitative estimate of drug-likeness (QED) is 0.847. The minimum Gasteiger partial charge on any atom is -0.465 e. The summed E-state index contributed by atoms with van der Waals surface area (Å²) < 4.78 is 15.2. The molecular formula is C17H17NO6. The second-order valence-electron chi connectivity index (χ2n) is 5.01. The highest BCUT2D eigenvalue weighted by molar-refractivity contribution is 5.93. The Hall–Kier alpha value is -3.09. The number of esters is 2. The number of carbonyl (C=O) groups is 3. The zero-order chi connectivity index (χ0) is 17.7. The van der Waals surface area contributed by atoms with Gasteiger partial charge < -0.3 is 19.2 Å². The Morgan fingerprint density at radius 3 is 2.58 bits per heavy atom. The number of hydrogen-bond acceptors (Lipinski definition) is 6. The summed E-state index contributed by atoms with van der Waals surface area (Å²) >= 11 is 0. The molecule has 24 heavy (non-hydrogen) atoms. The number of nitrogens with one attached hydrogen (secondary N) is 1. The van der Waals surface area contributed by atoms with Gasteiger partial charge in [0.05, 0.1) is 12.7 Å². The minimum absolute atomic E-state index is 0.124. The molecule has 0 aliphatic heterocycles. The molecule has 1 amide bonds. The molecule has 0 spiro atoms. The molecule has 126 valence electrons. The minimum atomic E-state index is -0.573. The molecule has 0 radical (unpaired) electrons. The maximum absolute atomic E-state index is 12.1. The Labute approximate surface area is 138 Å². The van der Waals surface area contributed by atoms with Gasteiger partial charge in [0, 0.05) is 12.6 Å². The van der Waals surface area contributed by atoms with Crippen molar-refractivity contribution in [2.75, 3.05) is 12.4 Å². The molecule has 1 aromatic heterocycles. The number of benzene rings is 1. The Morgan fingerprint density at radius 2 is 1.92 bits per heavy atom. The van der Waals surface area contributed by atoms with Crippen molar-refractivity contribution in [1.29, 1.82) is 0 Å². The molecule has 0 unspecified atom stereocenters. The second kappa shape index (κ2) is 7.45. The first-order valence-electron chi connectivity index (χ1n) is 7.13. The molecule has 2 rings (SSSR count). The van der Waals surface area contributed by atoms with Crippen molar-refractivity contribution in [1.82, 2.24) is 0 Å². The highest BCUT2D eigenvalue weighted by Gasteiger charge is 2.17. The summed E-state index contributed by atoms with van der Waals surface area (Å²) in [6.07, 6.45) is 0. The summed E-state index contributed by atoms with van der Waals surface area (Å²) in [5, 5.41) is 2.59. The number of methoxy groups -OCH3 is 1. The smallest absolute Gasteiger partial charge is 0.341 e. The van der Waals surface area contributed by atoms with Crippen LogP contribution in [0.2, 0.25) is 0 Å². The standard InChI is InChI=1S/C17H17NO6/c1-10-15(17(21)22-3)8-14(24-10)9-23-16(20)12-5-4-6-13(7-12)18-11(2)19/h4-8H,9H2,1-3H3,(H,18,19). The number of anilines is 1. The maximum atomic E-state index is 12.1. The molecule has 0 saturated heterocycles. The molecule has 0 aliphatic carbocycles. The number of amides is 1. The molecule has 7 nitrogen and oxygen atoms in total. The van der Waals surface area contributed by atoms with Gasteiger partial charge in [-0.05, 0) is 31.2 Å². The van der Waals surface area contributed by atoms with Crippen LogP contribution in [0.25, 0.3) is 0 Å². The summed E-state index contributed by atoms with van der Waals surface area (Å²) in [6.45, 7) is 2.87. The van der Waals surface area contributed by atoms with Gasteiger partial charge in [-0.1, -0.05) is 6.07 Å². The van der Waals surface area contributed by atoms with Crippen LogP contribution in [0.15, 0.2) is 34.7 Å². The van der Waals surface area contributed by atoms with Gasteiger partial charge in [0.1, 0.15) is 23.7 Å². The number of hydrogen-bond donors (Lipinski definition) is 1. The number of aryl methyl sites for hydroxylation is 1. The Balaban J connectivity index is 2.03. The molecule has 7 heteroatoms.